The lowest BCUT2D eigenvalue weighted by atomic mass is 9.78. The Hall–Kier alpha value is -8.19. The van der Waals surface area contributed by atoms with Crippen LogP contribution in [-0.4, -0.2) is 158 Å². The standard InChI is InChI=1S/C60H65F3N6O15/c1-27-11-10-12-28(2)58(78)64-45-46(67-20-18-66(19-21-67)35-15-17-68(25-35)57-39(63)24-36-50(74)37(59(79)80)26-69(56(36)65-57)40-14-13-34(61)23-38(40)62)52(76)42-43(51(45)75)49(73)32(6)54-44(42)55(77)60(8,84-54)82-22-16-41(81-9)29(3)53(83-33(7)70)31(5)48(72)30(4)47(27)71/h10-14,16,22-24,26-27,29-31,35,41,47-48,53,71-73H,15,17-21,25H2,1-9H3,(H,64,78)(H,79,80)/t27-,29+,30+,31+,35?,41-,47-,48+,53+,60-/m0/s1. The Balaban J connectivity index is 1.05. The van der Waals surface area contributed by atoms with Gasteiger partial charge in [-0.25, -0.2) is 22.9 Å². The predicted octanol–water partition coefficient (Wildman–Crippen LogP) is 5.67. The number of carboxylic acids is 1. The Labute approximate surface area is 480 Å². The van der Waals surface area contributed by atoms with Gasteiger partial charge in [-0.1, -0.05) is 45.9 Å². The molecule has 10 atom stereocenters. The van der Waals surface area contributed by atoms with Crippen molar-refractivity contribution in [1.29, 1.82) is 0 Å². The number of carbonyl (C=O) groups is 6. The van der Waals surface area contributed by atoms with Crippen molar-refractivity contribution in [3.05, 3.63) is 133 Å². The van der Waals surface area contributed by atoms with E-state index in [4.69, 9.17) is 18.9 Å². The average Bonchev–Trinajstić information content (AvgIpc) is 1.53. The van der Waals surface area contributed by atoms with Gasteiger partial charge in [-0.2, -0.15) is 0 Å². The van der Waals surface area contributed by atoms with Crippen LogP contribution in [0.2, 0.25) is 0 Å². The van der Waals surface area contributed by atoms with Gasteiger partial charge in [0.1, 0.15) is 46.2 Å². The average molecular weight is 1170 g/mol. The fourth-order valence-corrected chi connectivity index (χ4v) is 12.0. The molecule has 7 heterocycles. The van der Waals surface area contributed by atoms with Crippen molar-refractivity contribution < 1.29 is 81.3 Å². The van der Waals surface area contributed by atoms with E-state index in [1.165, 1.54) is 53.0 Å². The number of aliphatic hydroxyl groups is 2. The topological polar surface area (TPSA) is 277 Å². The summed E-state index contributed by atoms with van der Waals surface area (Å²) in [6.45, 7) is 13.1. The first-order valence-corrected chi connectivity index (χ1v) is 27.4. The SMILES string of the molecule is CO[C@H]1C=CO[C@@]2(C)Oc3c(C)c(O)c4c(c3C2=O)C(=O)C(N2CCN(C3CCN(c5nc6c(cc5F)c(=O)c(C(=O)O)cn6-c5ccc(F)cc5F)C3)CC2)=C(NC(=O)C(C)=CC=C[C@H](C)[C@H](O)[C@@H](C)[C@@H](O)[C@@H](C)[C@H](OC(C)=O)[C@@H]1C)C4=O. The summed E-state index contributed by atoms with van der Waals surface area (Å²) in [5, 5.41) is 47.0. The largest absolute Gasteiger partial charge is 0.507 e. The number of aromatic hydroxyl groups is 1. The number of piperazine rings is 1. The number of carboxylic acid groups (broad SMARTS) is 1. The van der Waals surface area contributed by atoms with Crippen LogP contribution in [0.5, 0.6) is 11.5 Å². The molecule has 10 rings (SSSR count). The highest BCUT2D eigenvalue weighted by atomic mass is 19.1. The number of methoxy groups -OCH3 is 1. The molecular weight excluding hydrogens is 1100 g/mol. The molecule has 1 aliphatic carbocycles. The molecule has 0 spiro atoms. The lowest BCUT2D eigenvalue weighted by Crippen LogP contribution is -2.53. The highest BCUT2D eigenvalue weighted by Gasteiger charge is 2.53. The third-order valence-corrected chi connectivity index (χ3v) is 16.9. The number of rotatable bonds is 7. The number of phenols is 1. The van der Waals surface area contributed by atoms with Crippen LogP contribution in [0, 0.1) is 48.0 Å². The van der Waals surface area contributed by atoms with Crippen LogP contribution in [0.3, 0.4) is 0 Å². The van der Waals surface area contributed by atoms with Crippen molar-refractivity contribution in [2.75, 3.05) is 51.3 Å². The lowest BCUT2D eigenvalue weighted by molar-refractivity contribution is -0.160. The number of ether oxygens (including phenoxy) is 4. The maximum Gasteiger partial charge on any atom is 0.341 e. The fourth-order valence-electron chi connectivity index (χ4n) is 12.0. The summed E-state index contributed by atoms with van der Waals surface area (Å²) >= 11 is 0. The highest BCUT2D eigenvalue weighted by Crippen LogP contribution is 2.49. The molecule has 6 aliphatic rings. The van der Waals surface area contributed by atoms with Crippen molar-refractivity contribution in [3.8, 4) is 17.2 Å². The van der Waals surface area contributed by atoms with Crippen molar-refractivity contribution in [1.82, 2.24) is 24.7 Å². The number of aliphatic hydroxyl groups excluding tert-OH is 2. The number of nitrogens with zero attached hydrogens (tertiary/aromatic N) is 5. The maximum absolute atomic E-state index is 16.1. The molecule has 4 aromatic rings. The molecule has 2 saturated heterocycles. The predicted molar refractivity (Wildman–Crippen MR) is 296 cm³/mol. The minimum absolute atomic E-state index is 0.0515. The van der Waals surface area contributed by atoms with Crippen LogP contribution in [0.25, 0.3) is 16.7 Å². The van der Waals surface area contributed by atoms with Crippen molar-refractivity contribution >= 4 is 52.0 Å². The first-order valence-electron chi connectivity index (χ1n) is 27.4. The molecule has 21 nitrogen and oxygen atoms in total. The summed E-state index contributed by atoms with van der Waals surface area (Å²) in [6.07, 6.45) is 4.22. The van der Waals surface area contributed by atoms with E-state index < -0.39 is 145 Å². The van der Waals surface area contributed by atoms with E-state index in [1.54, 1.807) is 43.6 Å². The number of hydrogen-bond donors (Lipinski definition) is 5. The second-order valence-electron chi connectivity index (χ2n) is 22.2. The number of Topliss-reactive ketones (excluding diaryl/α,β-unsaturated/α-hetero) is 3. The molecule has 5 bridgehead atoms. The number of phenolic OH excluding ortho intramolecular Hbond substituents is 1. The molecule has 24 heteroatoms. The van der Waals surface area contributed by atoms with Crippen LogP contribution >= 0.6 is 0 Å². The fraction of sp³-hybridized carbons (Fsp3) is 0.433. The summed E-state index contributed by atoms with van der Waals surface area (Å²) in [5.74, 6) is -15.0. The van der Waals surface area contributed by atoms with E-state index in [0.29, 0.717) is 12.5 Å². The second-order valence-corrected chi connectivity index (χ2v) is 22.2. The number of aromatic carboxylic acids is 1. The number of fused-ring (bicyclic) bond motifs is 15. The molecule has 2 aromatic heterocycles. The number of anilines is 1. The first-order chi connectivity index (χ1) is 39.7. The van der Waals surface area contributed by atoms with Gasteiger partial charge in [-0.15, -0.1) is 0 Å². The number of nitrogens with one attached hydrogen (secondary N) is 1. The summed E-state index contributed by atoms with van der Waals surface area (Å²) in [7, 11) is 1.39. The van der Waals surface area contributed by atoms with E-state index in [9.17, 15) is 48.8 Å². The van der Waals surface area contributed by atoms with Crippen LogP contribution in [0.1, 0.15) is 102 Å². The Morgan fingerprint density at radius 2 is 1.56 bits per heavy atom. The second kappa shape index (κ2) is 23.5. The van der Waals surface area contributed by atoms with Gasteiger partial charge >= 0.3 is 17.7 Å². The van der Waals surface area contributed by atoms with Gasteiger partial charge in [-0.3, -0.25) is 38.2 Å². The third kappa shape index (κ3) is 10.9. The summed E-state index contributed by atoms with van der Waals surface area (Å²) in [4.78, 5) is 107. The zero-order valence-corrected chi connectivity index (χ0v) is 47.6. The molecular formula is C60H65F3N6O15. The quantitative estimate of drug-likeness (QED) is 0.139. The van der Waals surface area contributed by atoms with Gasteiger partial charge in [-0.05, 0) is 44.5 Å². The number of ketones is 3. The van der Waals surface area contributed by atoms with Gasteiger partial charge in [0.15, 0.2) is 17.3 Å². The molecule has 84 heavy (non-hydrogen) atoms. The molecule has 2 fully saturated rings. The zero-order valence-electron chi connectivity index (χ0n) is 47.6. The van der Waals surface area contributed by atoms with Gasteiger partial charge in [0.25, 0.3) is 11.7 Å². The van der Waals surface area contributed by atoms with E-state index in [2.05, 4.69) is 15.2 Å². The van der Waals surface area contributed by atoms with E-state index >= 15 is 18.4 Å². The summed E-state index contributed by atoms with van der Waals surface area (Å²) < 4.78 is 70.1. The lowest BCUT2D eigenvalue weighted by Gasteiger charge is -2.41. The number of carbonyl (C=O) groups excluding carboxylic acids is 5. The van der Waals surface area contributed by atoms with Gasteiger partial charge in [0, 0.05) is 113 Å². The van der Waals surface area contributed by atoms with Crippen molar-refractivity contribution in [2.45, 2.75) is 98.1 Å². The number of aromatic nitrogens is 2. The Morgan fingerprint density at radius 3 is 2.21 bits per heavy atom. The normalized spacial score (nSPS) is 27.3. The minimum Gasteiger partial charge on any atom is -0.507 e. The van der Waals surface area contributed by atoms with Crippen molar-refractivity contribution in [3.63, 3.8) is 0 Å². The van der Waals surface area contributed by atoms with Crippen LogP contribution in [0.15, 0.2) is 82.8 Å². The molecule has 1 amide bonds. The molecule has 446 valence electrons. The van der Waals surface area contributed by atoms with Gasteiger partial charge in [0.05, 0.1) is 52.3 Å². The molecule has 5 aliphatic heterocycles. The molecule has 0 radical (unpaired) electrons. The number of esters is 1. The summed E-state index contributed by atoms with van der Waals surface area (Å²) in [5.41, 5.74) is -4.68. The van der Waals surface area contributed by atoms with Gasteiger partial charge < -0.3 is 54.5 Å². The van der Waals surface area contributed by atoms with Gasteiger partial charge in [0.2, 0.25) is 17.0 Å². The highest BCUT2D eigenvalue weighted by molar-refractivity contribution is 6.32. The monoisotopic (exact) mass is 1170 g/mol. The van der Waals surface area contributed by atoms with Crippen molar-refractivity contribution in [2.24, 2.45) is 23.7 Å². The number of halogens is 3. The number of allylic oxidation sites excluding steroid dienone is 4. The van der Waals surface area contributed by atoms with Crippen LogP contribution in [-0.2, 0) is 23.8 Å². The number of benzene rings is 2. The maximum atomic E-state index is 16.1. The van der Waals surface area contributed by atoms with E-state index in [-0.39, 0.29) is 90.6 Å². The number of amides is 1. The smallest absolute Gasteiger partial charge is 0.341 e. The van der Waals surface area contributed by atoms with Crippen LogP contribution in [0.4, 0.5) is 19.0 Å². The van der Waals surface area contributed by atoms with E-state index in [0.717, 1.165) is 35.2 Å². The Morgan fingerprint density at radius 1 is 0.857 bits per heavy atom. The minimum atomic E-state index is -2.20. The molecule has 1 unspecified atom stereocenters. The Bertz CT molecular complexity index is 3610. The Kier molecular flexibility index (Phi) is 16.9. The first kappa shape index (κ1) is 60.4. The summed E-state index contributed by atoms with van der Waals surface area (Å²) in [6, 6.07) is 3.09. The molecule has 2 aromatic carbocycles. The molecule has 5 N–H and O–H groups in total. The zero-order chi connectivity index (χ0) is 61.1. The molecule has 0 saturated carbocycles. The number of pyridine rings is 2. The third-order valence-electron chi connectivity index (χ3n) is 16.9. The number of hydrogen-bond acceptors (Lipinski definition) is 18. The van der Waals surface area contributed by atoms with E-state index in [1.807, 2.05) is 0 Å². The van der Waals surface area contributed by atoms with Crippen LogP contribution < -0.4 is 20.4 Å².